The fourth-order valence-electron chi connectivity index (χ4n) is 3.16. The zero-order chi connectivity index (χ0) is 14.5. The Hall–Kier alpha value is -1.58. The average molecular weight is 278 g/mol. The van der Waals surface area contributed by atoms with E-state index in [0.29, 0.717) is 11.8 Å². The maximum Gasteiger partial charge on any atom is 0.316 e. The topological polar surface area (TPSA) is 32.3 Å². The molecular weight excluding hydrogens is 255 g/mol. The zero-order valence-corrected chi connectivity index (χ0v) is 12.2. The van der Waals surface area contributed by atoms with Crippen molar-refractivity contribution in [2.45, 2.75) is 31.6 Å². The van der Waals surface area contributed by atoms with Gasteiger partial charge in [0.15, 0.2) is 0 Å². The van der Waals surface area contributed by atoms with Gasteiger partial charge in [-0.1, -0.05) is 18.6 Å². The van der Waals surface area contributed by atoms with Crippen LogP contribution in [0, 0.1) is 11.7 Å². The molecule has 1 aromatic rings. The lowest BCUT2D eigenvalue weighted by Crippen LogP contribution is -2.38. The second-order valence-corrected chi connectivity index (χ2v) is 5.72. The molecule has 1 aromatic carbocycles. The summed E-state index contributed by atoms with van der Waals surface area (Å²) < 4.78 is 13.0. The molecule has 0 heterocycles. The molecular formula is C16H23FN2O. The lowest BCUT2D eigenvalue weighted by Gasteiger charge is -2.32. The largest absolute Gasteiger partial charge is 0.341 e. The fourth-order valence-corrected chi connectivity index (χ4v) is 3.16. The predicted octanol–water partition coefficient (Wildman–Crippen LogP) is 3.37. The summed E-state index contributed by atoms with van der Waals surface area (Å²) in [6, 6.07) is 6.83. The number of nitrogens with zero attached hydrogens (tertiary/aromatic N) is 1. The molecule has 2 amide bonds. The van der Waals surface area contributed by atoms with Crippen molar-refractivity contribution in [3.8, 4) is 0 Å². The van der Waals surface area contributed by atoms with E-state index in [1.807, 2.05) is 19.2 Å². The van der Waals surface area contributed by atoms with Crippen molar-refractivity contribution in [3.05, 3.63) is 35.6 Å². The maximum atomic E-state index is 13.0. The van der Waals surface area contributed by atoms with Gasteiger partial charge in [0.05, 0.1) is 0 Å². The Morgan fingerprint density at radius 3 is 2.70 bits per heavy atom. The quantitative estimate of drug-likeness (QED) is 0.903. The molecule has 1 saturated carbocycles. The molecule has 0 aliphatic heterocycles. The van der Waals surface area contributed by atoms with E-state index in [9.17, 15) is 9.18 Å². The number of hydrogen-bond donors (Lipinski definition) is 1. The molecule has 1 aliphatic rings. The number of benzene rings is 1. The van der Waals surface area contributed by atoms with E-state index in [1.165, 1.54) is 30.5 Å². The van der Waals surface area contributed by atoms with Crippen LogP contribution in [-0.2, 0) is 0 Å². The van der Waals surface area contributed by atoms with Crippen LogP contribution in [0.4, 0.5) is 9.18 Å². The van der Waals surface area contributed by atoms with Crippen LogP contribution in [0.5, 0.6) is 0 Å². The molecule has 0 radical (unpaired) electrons. The fraction of sp³-hybridized carbons (Fsp3) is 0.562. The number of halogens is 1. The molecule has 1 aliphatic carbocycles. The van der Waals surface area contributed by atoms with Crippen LogP contribution >= 0.6 is 0 Å². The third-order valence-electron chi connectivity index (χ3n) is 4.22. The first-order valence-electron chi connectivity index (χ1n) is 7.28. The van der Waals surface area contributed by atoms with Crippen molar-refractivity contribution in [2.75, 3.05) is 20.6 Å². The van der Waals surface area contributed by atoms with Gasteiger partial charge in [0.1, 0.15) is 5.82 Å². The van der Waals surface area contributed by atoms with Crippen LogP contribution in [0.15, 0.2) is 24.3 Å². The third-order valence-corrected chi connectivity index (χ3v) is 4.22. The first-order valence-corrected chi connectivity index (χ1v) is 7.28. The normalized spacial score (nSPS) is 22.4. The van der Waals surface area contributed by atoms with Crippen molar-refractivity contribution in [1.82, 2.24) is 10.2 Å². The molecule has 0 spiro atoms. The molecule has 2 atom stereocenters. The van der Waals surface area contributed by atoms with Gasteiger partial charge < -0.3 is 10.2 Å². The molecule has 4 heteroatoms. The number of carbonyl (C=O) groups is 1. The molecule has 2 rings (SSSR count). The van der Waals surface area contributed by atoms with Crippen LogP contribution in [0.25, 0.3) is 0 Å². The Kier molecular flexibility index (Phi) is 4.99. The highest BCUT2D eigenvalue weighted by Gasteiger charge is 2.25. The predicted molar refractivity (Wildman–Crippen MR) is 78.2 cm³/mol. The Bertz CT molecular complexity index is 446. The molecule has 2 unspecified atom stereocenters. The van der Waals surface area contributed by atoms with E-state index in [-0.39, 0.29) is 11.8 Å². The van der Waals surface area contributed by atoms with Gasteiger partial charge in [-0.05, 0) is 48.8 Å². The summed E-state index contributed by atoms with van der Waals surface area (Å²) in [5, 5.41) is 2.65. The SMILES string of the molecule is CNC(=O)N(C)CC1CCCC(c2ccc(F)cc2)C1. The highest BCUT2D eigenvalue weighted by atomic mass is 19.1. The molecule has 0 aromatic heterocycles. The van der Waals surface area contributed by atoms with Crippen molar-refractivity contribution in [3.63, 3.8) is 0 Å². The first-order chi connectivity index (χ1) is 9.60. The van der Waals surface area contributed by atoms with E-state index < -0.39 is 0 Å². The van der Waals surface area contributed by atoms with Crippen LogP contribution < -0.4 is 5.32 Å². The van der Waals surface area contributed by atoms with E-state index in [0.717, 1.165) is 19.4 Å². The number of amides is 2. The highest BCUT2D eigenvalue weighted by Crippen LogP contribution is 2.36. The van der Waals surface area contributed by atoms with Crippen molar-refractivity contribution < 1.29 is 9.18 Å². The Morgan fingerprint density at radius 2 is 2.05 bits per heavy atom. The maximum absolute atomic E-state index is 13.0. The number of urea groups is 1. The van der Waals surface area contributed by atoms with Gasteiger partial charge in [-0.3, -0.25) is 0 Å². The summed E-state index contributed by atoms with van der Waals surface area (Å²) in [7, 11) is 3.49. The standard InChI is InChI=1S/C16H23FN2O/c1-18-16(20)19(2)11-12-4-3-5-14(10-12)13-6-8-15(17)9-7-13/h6-9,12,14H,3-5,10-11H2,1-2H3,(H,18,20). The second kappa shape index (κ2) is 6.73. The molecule has 110 valence electrons. The summed E-state index contributed by atoms with van der Waals surface area (Å²) in [6.45, 7) is 0.789. The van der Waals surface area contributed by atoms with E-state index in [1.54, 1.807) is 11.9 Å². The Labute approximate surface area is 120 Å². The van der Waals surface area contributed by atoms with Crippen LogP contribution in [0.1, 0.15) is 37.2 Å². The van der Waals surface area contributed by atoms with Crippen LogP contribution in [-0.4, -0.2) is 31.6 Å². The first kappa shape index (κ1) is 14.8. The average Bonchev–Trinajstić information content (AvgIpc) is 2.47. The lowest BCUT2D eigenvalue weighted by atomic mass is 9.78. The van der Waals surface area contributed by atoms with Gasteiger partial charge in [-0.25, -0.2) is 9.18 Å². The van der Waals surface area contributed by atoms with Crippen molar-refractivity contribution >= 4 is 6.03 Å². The second-order valence-electron chi connectivity index (χ2n) is 5.72. The number of rotatable bonds is 3. The van der Waals surface area contributed by atoms with Gasteiger partial charge in [0, 0.05) is 20.6 Å². The molecule has 3 nitrogen and oxygen atoms in total. The minimum absolute atomic E-state index is 0.0334. The molecule has 1 fully saturated rings. The van der Waals surface area contributed by atoms with E-state index >= 15 is 0 Å². The number of hydrogen-bond acceptors (Lipinski definition) is 1. The summed E-state index contributed by atoms with van der Waals surface area (Å²) in [4.78, 5) is 13.3. The Balaban J connectivity index is 1.94. The smallest absolute Gasteiger partial charge is 0.316 e. The lowest BCUT2D eigenvalue weighted by molar-refractivity contribution is 0.191. The summed E-state index contributed by atoms with van der Waals surface area (Å²) >= 11 is 0. The van der Waals surface area contributed by atoms with Crippen molar-refractivity contribution in [2.24, 2.45) is 5.92 Å². The zero-order valence-electron chi connectivity index (χ0n) is 12.2. The molecule has 1 N–H and O–H groups in total. The van der Waals surface area contributed by atoms with Gasteiger partial charge in [0.25, 0.3) is 0 Å². The van der Waals surface area contributed by atoms with Crippen molar-refractivity contribution in [1.29, 1.82) is 0 Å². The van der Waals surface area contributed by atoms with Gasteiger partial charge >= 0.3 is 6.03 Å². The summed E-state index contributed by atoms with van der Waals surface area (Å²) in [5.41, 5.74) is 1.22. The summed E-state index contributed by atoms with van der Waals surface area (Å²) in [6.07, 6.45) is 4.58. The van der Waals surface area contributed by atoms with E-state index in [4.69, 9.17) is 0 Å². The molecule has 20 heavy (non-hydrogen) atoms. The van der Waals surface area contributed by atoms with Gasteiger partial charge in [0.2, 0.25) is 0 Å². The summed E-state index contributed by atoms with van der Waals surface area (Å²) in [5.74, 6) is 0.842. The minimum atomic E-state index is -0.180. The number of nitrogens with one attached hydrogen (secondary N) is 1. The van der Waals surface area contributed by atoms with Crippen LogP contribution in [0.3, 0.4) is 0 Å². The number of carbonyl (C=O) groups excluding carboxylic acids is 1. The molecule has 0 saturated heterocycles. The van der Waals surface area contributed by atoms with Gasteiger partial charge in [-0.2, -0.15) is 0 Å². The Morgan fingerprint density at radius 1 is 1.35 bits per heavy atom. The third kappa shape index (κ3) is 3.71. The van der Waals surface area contributed by atoms with E-state index in [2.05, 4.69) is 5.32 Å². The van der Waals surface area contributed by atoms with Crippen LogP contribution in [0.2, 0.25) is 0 Å². The highest BCUT2D eigenvalue weighted by molar-refractivity contribution is 5.73. The van der Waals surface area contributed by atoms with Gasteiger partial charge in [-0.15, -0.1) is 0 Å². The molecule has 0 bridgehead atoms. The monoisotopic (exact) mass is 278 g/mol. The minimum Gasteiger partial charge on any atom is -0.341 e.